The molecule has 1 atom stereocenters. The van der Waals surface area contributed by atoms with E-state index in [2.05, 4.69) is 30.7 Å². The van der Waals surface area contributed by atoms with Gasteiger partial charge in [0.2, 0.25) is 5.91 Å². The van der Waals surface area contributed by atoms with Crippen molar-refractivity contribution >= 4 is 5.91 Å². The number of fused-ring (bicyclic) bond motifs is 1. The standard InChI is InChI=1S/C20H28N6O/c1-15(2)20(27)25-9-6-18-22-23-19(26(18)11-10-25)17-5-8-24(14-17)13-16-4-3-7-21-12-16/h3-4,7,12,15,17H,5-6,8-11,13-14H2,1-2H3. The minimum Gasteiger partial charge on any atom is -0.340 e. The van der Waals surface area contributed by atoms with Gasteiger partial charge in [0.1, 0.15) is 11.6 Å². The molecule has 2 aromatic rings. The van der Waals surface area contributed by atoms with Crippen molar-refractivity contribution in [3.05, 3.63) is 41.7 Å². The van der Waals surface area contributed by atoms with Crippen LogP contribution in [0.15, 0.2) is 24.5 Å². The number of likely N-dealkylation sites (tertiary alicyclic amines) is 1. The summed E-state index contributed by atoms with van der Waals surface area (Å²) in [5.74, 6) is 2.81. The summed E-state index contributed by atoms with van der Waals surface area (Å²) >= 11 is 0. The molecule has 1 fully saturated rings. The van der Waals surface area contributed by atoms with Crippen LogP contribution >= 0.6 is 0 Å². The minimum absolute atomic E-state index is 0.0453. The van der Waals surface area contributed by atoms with E-state index in [0.717, 1.165) is 63.8 Å². The molecule has 2 aliphatic heterocycles. The summed E-state index contributed by atoms with van der Waals surface area (Å²) < 4.78 is 2.27. The van der Waals surface area contributed by atoms with Crippen LogP contribution in [0, 0.1) is 5.92 Å². The minimum atomic E-state index is 0.0453. The Bertz CT molecular complexity index is 787. The van der Waals surface area contributed by atoms with Gasteiger partial charge >= 0.3 is 0 Å². The van der Waals surface area contributed by atoms with Crippen molar-refractivity contribution in [1.82, 2.24) is 29.5 Å². The number of pyridine rings is 1. The number of amides is 1. The zero-order valence-corrected chi connectivity index (χ0v) is 16.2. The Morgan fingerprint density at radius 2 is 2.11 bits per heavy atom. The second-order valence-electron chi connectivity index (χ2n) is 7.94. The molecule has 144 valence electrons. The quantitative estimate of drug-likeness (QED) is 0.822. The number of hydrogen-bond acceptors (Lipinski definition) is 5. The van der Waals surface area contributed by atoms with E-state index in [1.807, 2.05) is 37.2 Å². The molecular formula is C20H28N6O. The number of nitrogens with zero attached hydrogens (tertiary/aromatic N) is 6. The Balaban J connectivity index is 1.42. The van der Waals surface area contributed by atoms with Crippen molar-refractivity contribution in [3.8, 4) is 0 Å². The van der Waals surface area contributed by atoms with Gasteiger partial charge in [-0.25, -0.2) is 0 Å². The second kappa shape index (κ2) is 7.76. The van der Waals surface area contributed by atoms with Crippen molar-refractivity contribution in [1.29, 1.82) is 0 Å². The fraction of sp³-hybridized carbons (Fsp3) is 0.600. The van der Waals surface area contributed by atoms with E-state index >= 15 is 0 Å². The highest BCUT2D eigenvalue weighted by molar-refractivity contribution is 5.78. The number of aromatic nitrogens is 4. The number of rotatable bonds is 4. The first-order valence-corrected chi connectivity index (χ1v) is 9.94. The van der Waals surface area contributed by atoms with E-state index < -0.39 is 0 Å². The molecule has 7 nitrogen and oxygen atoms in total. The average Bonchev–Trinajstić information content (AvgIpc) is 3.23. The molecule has 0 bridgehead atoms. The molecule has 0 saturated carbocycles. The summed E-state index contributed by atoms with van der Waals surface area (Å²) in [7, 11) is 0. The van der Waals surface area contributed by atoms with Crippen LogP contribution in [0.2, 0.25) is 0 Å². The first-order valence-electron chi connectivity index (χ1n) is 9.94. The fourth-order valence-corrected chi connectivity index (χ4v) is 4.17. The lowest BCUT2D eigenvalue weighted by molar-refractivity contribution is -0.134. The molecule has 7 heteroatoms. The lowest BCUT2D eigenvalue weighted by atomic mass is 10.1. The number of hydrogen-bond donors (Lipinski definition) is 0. The van der Waals surface area contributed by atoms with Crippen molar-refractivity contribution in [2.45, 2.75) is 45.7 Å². The van der Waals surface area contributed by atoms with Crippen LogP contribution in [-0.2, 0) is 24.3 Å². The second-order valence-corrected chi connectivity index (χ2v) is 7.94. The largest absolute Gasteiger partial charge is 0.340 e. The van der Waals surface area contributed by atoms with Crippen molar-refractivity contribution in [3.63, 3.8) is 0 Å². The molecule has 2 aliphatic rings. The van der Waals surface area contributed by atoms with E-state index in [0.29, 0.717) is 5.92 Å². The van der Waals surface area contributed by atoms with E-state index in [9.17, 15) is 4.79 Å². The summed E-state index contributed by atoms with van der Waals surface area (Å²) in [4.78, 5) is 21.0. The van der Waals surface area contributed by atoms with Gasteiger partial charge < -0.3 is 9.47 Å². The molecule has 0 aliphatic carbocycles. The molecule has 1 unspecified atom stereocenters. The Morgan fingerprint density at radius 3 is 2.89 bits per heavy atom. The summed E-state index contributed by atoms with van der Waals surface area (Å²) in [5.41, 5.74) is 1.25. The lowest BCUT2D eigenvalue weighted by Gasteiger charge is -2.22. The predicted molar refractivity (Wildman–Crippen MR) is 102 cm³/mol. The molecule has 1 amide bonds. The van der Waals surface area contributed by atoms with Crippen molar-refractivity contribution in [2.24, 2.45) is 5.92 Å². The first kappa shape index (κ1) is 18.1. The molecule has 1 saturated heterocycles. The summed E-state index contributed by atoms with van der Waals surface area (Å²) in [5, 5.41) is 8.99. The molecule has 0 aromatic carbocycles. The third-order valence-corrected chi connectivity index (χ3v) is 5.63. The van der Waals surface area contributed by atoms with Crippen LogP contribution in [0.3, 0.4) is 0 Å². The van der Waals surface area contributed by atoms with Gasteiger partial charge in [-0.05, 0) is 24.6 Å². The topological polar surface area (TPSA) is 67.2 Å². The SMILES string of the molecule is CC(C)C(=O)N1CCc2nnc(C3CCN(Cc4cccnc4)C3)n2CC1. The molecule has 4 rings (SSSR count). The van der Waals surface area contributed by atoms with Gasteiger partial charge in [-0.1, -0.05) is 19.9 Å². The normalized spacial score (nSPS) is 20.7. The Kier molecular flexibility index (Phi) is 5.20. The maximum Gasteiger partial charge on any atom is 0.225 e. The lowest BCUT2D eigenvalue weighted by Crippen LogP contribution is -2.36. The predicted octanol–water partition coefficient (Wildman–Crippen LogP) is 1.70. The van der Waals surface area contributed by atoms with E-state index in [4.69, 9.17) is 0 Å². The highest BCUT2D eigenvalue weighted by Crippen LogP contribution is 2.28. The summed E-state index contributed by atoms with van der Waals surface area (Å²) in [6.07, 6.45) is 5.65. The van der Waals surface area contributed by atoms with Gasteiger partial charge in [-0.15, -0.1) is 10.2 Å². The Hall–Kier alpha value is -2.28. The van der Waals surface area contributed by atoms with Gasteiger partial charge in [0.15, 0.2) is 0 Å². The van der Waals surface area contributed by atoms with E-state index in [1.54, 1.807) is 0 Å². The van der Waals surface area contributed by atoms with E-state index in [-0.39, 0.29) is 11.8 Å². The summed E-state index contributed by atoms with van der Waals surface area (Å²) in [6, 6.07) is 4.12. The van der Waals surface area contributed by atoms with Gasteiger partial charge in [-0.3, -0.25) is 14.7 Å². The van der Waals surface area contributed by atoms with Crippen LogP contribution in [-0.4, -0.2) is 61.6 Å². The average molecular weight is 368 g/mol. The monoisotopic (exact) mass is 368 g/mol. The van der Waals surface area contributed by atoms with Crippen LogP contribution in [0.4, 0.5) is 0 Å². The molecule has 27 heavy (non-hydrogen) atoms. The number of carbonyl (C=O) groups excluding carboxylic acids is 1. The maximum absolute atomic E-state index is 12.4. The van der Waals surface area contributed by atoms with Crippen LogP contribution < -0.4 is 0 Å². The van der Waals surface area contributed by atoms with Crippen LogP contribution in [0.25, 0.3) is 0 Å². The molecule has 0 spiro atoms. The molecule has 0 N–H and O–H groups in total. The van der Waals surface area contributed by atoms with Gasteiger partial charge in [0, 0.05) is 63.4 Å². The van der Waals surface area contributed by atoms with Crippen molar-refractivity contribution < 1.29 is 4.79 Å². The van der Waals surface area contributed by atoms with Crippen LogP contribution in [0.5, 0.6) is 0 Å². The first-order chi connectivity index (χ1) is 13.1. The molecule has 4 heterocycles. The highest BCUT2D eigenvalue weighted by atomic mass is 16.2. The Labute approximate surface area is 160 Å². The molecular weight excluding hydrogens is 340 g/mol. The third kappa shape index (κ3) is 3.88. The molecule has 0 radical (unpaired) electrons. The number of carbonyl (C=O) groups is 1. The highest BCUT2D eigenvalue weighted by Gasteiger charge is 2.30. The van der Waals surface area contributed by atoms with Crippen LogP contribution in [0.1, 0.15) is 43.4 Å². The van der Waals surface area contributed by atoms with E-state index in [1.165, 1.54) is 5.56 Å². The summed E-state index contributed by atoms with van der Waals surface area (Å²) in [6.45, 7) is 9.23. The fourth-order valence-electron chi connectivity index (χ4n) is 4.17. The Morgan fingerprint density at radius 1 is 1.22 bits per heavy atom. The third-order valence-electron chi connectivity index (χ3n) is 5.63. The molecule has 2 aromatic heterocycles. The van der Waals surface area contributed by atoms with Crippen molar-refractivity contribution in [2.75, 3.05) is 26.2 Å². The van der Waals surface area contributed by atoms with Gasteiger partial charge in [0.05, 0.1) is 0 Å². The maximum atomic E-state index is 12.4. The zero-order valence-electron chi connectivity index (χ0n) is 16.2. The van der Waals surface area contributed by atoms with Gasteiger partial charge in [0.25, 0.3) is 0 Å². The zero-order chi connectivity index (χ0) is 18.8. The smallest absolute Gasteiger partial charge is 0.225 e. The van der Waals surface area contributed by atoms with Gasteiger partial charge in [-0.2, -0.15) is 0 Å².